The van der Waals surface area contributed by atoms with E-state index in [9.17, 15) is 0 Å². The van der Waals surface area contributed by atoms with Crippen molar-refractivity contribution < 1.29 is 0 Å². The molecule has 0 rings (SSSR count). The van der Waals surface area contributed by atoms with Crippen LogP contribution in [0.4, 0.5) is 0 Å². The van der Waals surface area contributed by atoms with Crippen LogP contribution in [0.3, 0.4) is 0 Å². The van der Waals surface area contributed by atoms with Crippen molar-refractivity contribution in [1.82, 2.24) is 0 Å². The van der Waals surface area contributed by atoms with Crippen LogP contribution in [0.15, 0.2) is 0 Å². The van der Waals surface area contributed by atoms with Crippen molar-refractivity contribution in [2.45, 2.75) is 47.8 Å². The molecule has 1 nitrogen and oxygen atoms in total. The summed E-state index contributed by atoms with van der Waals surface area (Å²) in [7, 11) is 0. The molecule has 0 amide bonds. The van der Waals surface area contributed by atoms with Gasteiger partial charge in [0.1, 0.15) is 0 Å². The van der Waals surface area contributed by atoms with E-state index in [1.807, 2.05) is 0 Å². The molecule has 0 atom stereocenters. The van der Waals surface area contributed by atoms with Crippen molar-refractivity contribution in [3.8, 4) is 3.78 Å². The predicted molar refractivity (Wildman–Crippen MR) is 50.8 cm³/mol. The van der Waals surface area contributed by atoms with Crippen LogP contribution in [0.2, 0.25) is 8.26 Å². The molecule has 0 fully saturated rings. The molecule has 0 saturated carbocycles. The maximum atomic E-state index is 8.82. The van der Waals surface area contributed by atoms with E-state index in [1.165, 1.54) is 33.9 Å². The molecule has 2 heteroatoms. The zero-order chi connectivity index (χ0) is 8.53. The summed E-state index contributed by atoms with van der Waals surface area (Å²) in [6.45, 7) is 4.41. The Bertz CT molecular complexity index is 109. The molecule has 0 aromatic rings. The van der Waals surface area contributed by atoms with Crippen LogP contribution in [-0.4, -0.2) is 21.8 Å². The van der Waals surface area contributed by atoms with E-state index in [1.54, 1.807) is 0 Å². The van der Waals surface area contributed by atoms with Crippen molar-refractivity contribution in [3.05, 3.63) is 0 Å². The van der Waals surface area contributed by atoms with Crippen LogP contribution in [0.25, 0.3) is 0 Å². The van der Waals surface area contributed by atoms with Crippen molar-refractivity contribution in [2.24, 2.45) is 0 Å². The summed E-state index contributed by atoms with van der Waals surface area (Å²) in [6.07, 6.45) is 5.13. The number of unbranched alkanes of at least 4 members (excludes halogenated alkanes) is 2. The van der Waals surface area contributed by atoms with Gasteiger partial charge in [-0.2, -0.15) is 0 Å². The van der Waals surface area contributed by atoms with Crippen LogP contribution in [0, 0.1) is 9.04 Å². The van der Waals surface area contributed by atoms with Gasteiger partial charge in [0.2, 0.25) is 0 Å². The Balaban J connectivity index is 3.35. The van der Waals surface area contributed by atoms with E-state index >= 15 is 0 Å². The SMILES string of the molecule is CCC[CH2][Bi]([C]#N)[CH2]CCC. The van der Waals surface area contributed by atoms with Gasteiger partial charge in [0.15, 0.2) is 0 Å². The second-order valence-electron chi connectivity index (χ2n) is 2.79. The van der Waals surface area contributed by atoms with Gasteiger partial charge in [0, 0.05) is 0 Å². The Morgan fingerprint density at radius 1 is 1.09 bits per heavy atom. The fourth-order valence-electron chi connectivity index (χ4n) is 0.910. The molecule has 0 saturated heterocycles. The molecular weight excluding hydrogens is 331 g/mol. The Kier molecular flexibility index (Phi) is 8.76. The summed E-state index contributed by atoms with van der Waals surface area (Å²) in [4.78, 5) is 0. The van der Waals surface area contributed by atoms with Crippen molar-refractivity contribution in [1.29, 1.82) is 5.26 Å². The summed E-state index contributed by atoms with van der Waals surface area (Å²) >= 11 is -1.54. The molecule has 0 unspecified atom stereocenters. The zero-order valence-electron chi connectivity index (χ0n) is 7.64. The Morgan fingerprint density at radius 2 is 1.55 bits per heavy atom. The fraction of sp³-hybridized carbons (Fsp3) is 0.889. The minimum atomic E-state index is -1.54. The third-order valence-electron chi connectivity index (χ3n) is 1.70. The van der Waals surface area contributed by atoms with Gasteiger partial charge < -0.3 is 0 Å². The number of rotatable bonds is 6. The van der Waals surface area contributed by atoms with Crippen LogP contribution in [0.5, 0.6) is 0 Å². The topological polar surface area (TPSA) is 23.8 Å². The van der Waals surface area contributed by atoms with Crippen LogP contribution in [0.1, 0.15) is 39.5 Å². The first-order valence-electron chi connectivity index (χ1n) is 4.49. The maximum absolute atomic E-state index is 8.82. The number of hydrogen-bond donors (Lipinski definition) is 0. The number of nitrogens with zero attached hydrogens (tertiary/aromatic N) is 1. The van der Waals surface area contributed by atoms with Crippen molar-refractivity contribution in [3.63, 3.8) is 0 Å². The summed E-state index contributed by atoms with van der Waals surface area (Å²) < 4.78 is 5.19. The van der Waals surface area contributed by atoms with Crippen LogP contribution in [-0.2, 0) is 0 Å². The van der Waals surface area contributed by atoms with E-state index in [4.69, 9.17) is 5.26 Å². The van der Waals surface area contributed by atoms with Gasteiger partial charge in [-0.1, -0.05) is 0 Å². The first kappa shape index (κ1) is 11.4. The molecule has 0 aliphatic carbocycles. The van der Waals surface area contributed by atoms with Gasteiger partial charge in [0.05, 0.1) is 0 Å². The van der Waals surface area contributed by atoms with Gasteiger partial charge >= 0.3 is 78.6 Å². The summed E-state index contributed by atoms with van der Waals surface area (Å²) in [6, 6.07) is 0. The number of hydrogen-bond acceptors (Lipinski definition) is 1. The van der Waals surface area contributed by atoms with E-state index in [-0.39, 0.29) is 0 Å². The van der Waals surface area contributed by atoms with Crippen LogP contribution < -0.4 is 0 Å². The normalized spacial score (nSPS) is 10.0. The van der Waals surface area contributed by atoms with Gasteiger partial charge in [-0.15, -0.1) is 0 Å². The summed E-state index contributed by atoms with van der Waals surface area (Å²) in [5, 5.41) is 8.82. The molecule has 0 aliphatic heterocycles. The zero-order valence-corrected chi connectivity index (χ0v) is 11.1. The van der Waals surface area contributed by atoms with Gasteiger partial charge in [-0.05, 0) is 0 Å². The first-order valence-corrected chi connectivity index (χ1v) is 11.1. The second kappa shape index (κ2) is 8.47. The molecule has 0 heterocycles. The predicted octanol–water partition coefficient (Wildman–Crippen LogP) is 3.14. The molecule has 64 valence electrons. The molecule has 0 N–H and O–H groups in total. The molecular formula is C9H18BiN. The van der Waals surface area contributed by atoms with E-state index in [2.05, 4.69) is 17.6 Å². The van der Waals surface area contributed by atoms with Gasteiger partial charge in [0.25, 0.3) is 0 Å². The molecule has 0 spiro atoms. The Labute approximate surface area is 78.5 Å². The standard InChI is InChI=1S/2C4H9.CN.Bi/c2*1-3-4-2;1-2;/h2*1,3-4H2,2H3;;. The van der Waals surface area contributed by atoms with Crippen molar-refractivity contribution >= 4 is 21.8 Å². The van der Waals surface area contributed by atoms with Gasteiger partial charge in [-0.3, -0.25) is 0 Å². The van der Waals surface area contributed by atoms with Crippen molar-refractivity contribution in [2.75, 3.05) is 0 Å². The Morgan fingerprint density at radius 3 is 1.82 bits per heavy atom. The van der Waals surface area contributed by atoms with E-state index in [0.29, 0.717) is 0 Å². The fourth-order valence-corrected chi connectivity index (χ4v) is 7.98. The van der Waals surface area contributed by atoms with E-state index < -0.39 is 21.8 Å². The number of nitriles is 1. The molecule has 0 aromatic carbocycles. The molecule has 0 bridgehead atoms. The molecule has 0 radical (unpaired) electrons. The van der Waals surface area contributed by atoms with E-state index in [0.717, 1.165) is 0 Å². The third kappa shape index (κ3) is 6.76. The summed E-state index contributed by atoms with van der Waals surface area (Å²) in [5.74, 6) is 0. The summed E-state index contributed by atoms with van der Waals surface area (Å²) in [5.41, 5.74) is 0. The molecule has 0 aliphatic rings. The monoisotopic (exact) mass is 349 g/mol. The second-order valence-corrected chi connectivity index (χ2v) is 11.2. The minimum absolute atomic E-state index is 1.26. The third-order valence-corrected chi connectivity index (χ3v) is 9.46. The van der Waals surface area contributed by atoms with Crippen LogP contribution >= 0.6 is 0 Å². The average Bonchev–Trinajstić information content (AvgIpc) is 2.05. The molecule has 11 heavy (non-hydrogen) atoms. The molecule has 0 aromatic heterocycles. The average molecular weight is 349 g/mol. The van der Waals surface area contributed by atoms with Gasteiger partial charge in [-0.25, -0.2) is 0 Å². The first-order chi connectivity index (χ1) is 5.35. The Hall–Kier alpha value is 0.373. The quantitative estimate of drug-likeness (QED) is 0.676.